The Hall–Kier alpha value is -0.590. The second-order valence-corrected chi connectivity index (χ2v) is 2.36. The van der Waals surface area contributed by atoms with Gasteiger partial charge in [-0.15, -0.1) is 0 Å². The SMILES string of the molecule is CCCC/C=C\CCC=O. The van der Waals surface area contributed by atoms with Crippen LogP contribution in [0.5, 0.6) is 0 Å². The van der Waals surface area contributed by atoms with E-state index >= 15 is 0 Å². The average molecular weight is 140 g/mol. The third-order valence-corrected chi connectivity index (χ3v) is 1.34. The molecule has 0 atom stereocenters. The molecule has 0 heterocycles. The Morgan fingerprint density at radius 3 is 2.40 bits per heavy atom. The number of carbonyl (C=O) groups is 1. The lowest BCUT2D eigenvalue weighted by molar-refractivity contribution is -0.107. The Morgan fingerprint density at radius 1 is 1.10 bits per heavy atom. The number of carbonyl (C=O) groups excluding carboxylic acids is 1. The maximum atomic E-state index is 9.86. The van der Waals surface area contributed by atoms with Crippen LogP contribution in [-0.4, -0.2) is 6.29 Å². The molecule has 0 bridgehead atoms. The predicted octanol–water partition coefficient (Wildman–Crippen LogP) is 2.71. The smallest absolute Gasteiger partial charge is 0.120 e. The minimum Gasteiger partial charge on any atom is -0.303 e. The summed E-state index contributed by atoms with van der Waals surface area (Å²) in [7, 11) is 0. The first-order valence-corrected chi connectivity index (χ1v) is 4.00. The molecule has 0 aromatic heterocycles. The van der Waals surface area contributed by atoms with Gasteiger partial charge in [-0.3, -0.25) is 0 Å². The van der Waals surface area contributed by atoms with Crippen LogP contribution in [0.4, 0.5) is 0 Å². The van der Waals surface area contributed by atoms with E-state index in [1.807, 2.05) is 0 Å². The molecule has 0 aromatic rings. The molecule has 0 N–H and O–H groups in total. The van der Waals surface area contributed by atoms with Crippen LogP contribution in [0.25, 0.3) is 0 Å². The second kappa shape index (κ2) is 8.41. The molecule has 0 rings (SSSR count). The van der Waals surface area contributed by atoms with Crippen molar-refractivity contribution in [3.63, 3.8) is 0 Å². The van der Waals surface area contributed by atoms with Gasteiger partial charge in [-0.2, -0.15) is 0 Å². The van der Waals surface area contributed by atoms with Crippen molar-refractivity contribution in [2.75, 3.05) is 0 Å². The number of aldehydes is 1. The molecule has 0 saturated heterocycles. The quantitative estimate of drug-likeness (QED) is 0.315. The van der Waals surface area contributed by atoms with Gasteiger partial charge in [-0.1, -0.05) is 31.9 Å². The van der Waals surface area contributed by atoms with Crippen molar-refractivity contribution in [3.8, 4) is 0 Å². The average Bonchev–Trinajstić information content (AvgIpc) is 1.97. The molecule has 1 heteroatoms. The third kappa shape index (κ3) is 7.41. The van der Waals surface area contributed by atoms with E-state index in [9.17, 15) is 4.79 Å². The summed E-state index contributed by atoms with van der Waals surface area (Å²) in [5, 5.41) is 0. The summed E-state index contributed by atoms with van der Waals surface area (Å²) in [6.45, 7) is 2.18. The van der Waals surface area contributed by atoms with Gasteiger partial charge in [0.1, 0.15) is 6.29 Å². The van der Waals surface area contributed by atoms with Crippen molar-refractivity contribution in [1.29, 1.82) is 0 Å². The summed E-state index contributed by atoms with van der Waals surface area (Å²) in [6, 6.07) is 0. The highest BCUT2D eigenvalue weighted by molar-refractivity contribution is 5.49. The lowest BCUT2D eigenvalue weighted by Crippen LogP contribution is -1.71. The van der Waals surface area contributed by atoms with E-state index in [1.165, 1.54) is 12.8 Å². The molecule has 0 spiro atoms. The molecule has 58 valence electrons. The molecule has 0 amide bonds. The fourth-order valence-electron chi connectivity index (χ4n) is 0.722. The normalized spacial score (nSPS) is 10.5. The van der Waals surface area contributed by atoms with Gasteiger partial charge in [0.15, 0.2) is 0 Å². The van der Waals surface area contributed by atoms with Crippen LogP contribution in [0.15, 0.2) is 12.2 Å². The molecule has 0 unspecified atom stereocenters. The van der Waals surface area contributed by atoms with E-state index in [-0.39, 0.29) is 0 Å². The van der Waals surface area contributed by atoms with Crippen LogP contribution >= 0.6 is 0 Å². The van der Waals surface area contributed by atoms with Crippen molar-refractivity contribution < 1.29 is 4.79 Å². The van der Waals surface area contributed by atoms with E-state index in [0.29, 0.717) is 6.42 Å². The van der Waals surface area contributed by atoms with E-state index in [0.717, 1.165) is 19.1 Å². The number of unbranched alkanes of at least 4 members (excludes halogenated alkanes) is 3. The van der Waals surface area contributed by atoms with E-state index in [1.54, 1.807) is 0 Å². The molecule has 0 aliphatic rings. The molecule has 10 heavy (non-hydrogen) atoms. The third-order valence-electron chi connectivity index (χ3n) is 1.34. The van der Waals surface area contributed by atoms with Gasteiger partial charge in [0, 0.05) is 6.42 Å². The van der Waals surface area contributed by atoms with E-state index in [2.05, 4.69) is 19.1 Å². The zero-order valence-electron chi connectivity index (χ0n) is 6.68. The monoisotopic (exact) mass is 140 g/mol. The Kier molecular flexibility index (Phi) is 7.91. The molecule has 0 radical (unpaired) electrons. The maximum absolute atomic E-state index is 9.86. The van der Waals surface area contributed by atoms with Crippen molar-refractivity contribution in [1.82, 2.24) is 0 Å². The van der Waals surface area contributed by atoms with Gasteiger partial charge in [-0.05, 0) is 12.8 Å². The zero-order valence-corrected chi connectivity index (χ0v) is 6.68. The van der Waals surface area contributed by atoms with Crippen molar-refractivity contribution in [2.45, 2.75) is 39.0 Å². The van der Waals surface area contributed by atoms with Crippen molar-refractivity contribution >= 4 is 6.29 Å². The van der Waals surface area contributed by atoms with Crippen LogP contribution in [-0.2, 0) is 4.79 Å². The van der Waals surface area contributed by atoms with Crippen LogP contribution in [0.2, 0.25) is 0 Å². The first-order valence-electron chi connectivity index (χ1n) is 4.00. The van der Waals surface area contributed by atoms with E-state index < -0.39 is 0 Å². The number of hydrogen-bond acceptors (Lipinski definition) is 1. The predicted molar refractivity (Wildman–Crippen MR) is 44.0 cm³/mol. The minimum atomic E-state index is 0.669. The Labute approximate surface area is 63.1 Å². The highest BCUT2D eigenvalue weighted by Gasteiger charge is 1.78. The first-order chi connectivity index (χ1) is 4.91. The summed E-state index contributed by atoms with van der Waals surface area (Å²) < 4.78 is 0. The summed E-state index contributed by atoms with van der Waals surface area (Å²) in [5.41, 5.74) is 0. The molecule has 1 nitrogen and oxygen atoms in total. The molecule has 0 fully saturated rings. The lowest BCUT2D eigenvalue weighted by Gasteiger charge is -1.87. The standard InChI is InChI=1S/C9H16O/c1-2-3-4-5-6-7-8-9-10/h5-6,9H,2-4,7-8H2,1H3/b6-5-. The zero-order chi connectivity index (χ0) is 7.66. The number of rotatable bonds is 6. The molecule has 0 aromatic carbocycles. The minimum absolute atomic E-state index is 0.669. The van der Waals surface area contributed by atoms with Crippen molar-refractivity contribution in [3.05, 3.63) is 12.2 Å². The topological polar surface area (TPSA) is 17.1 Å². The Morgan fingerprint density at radius 2 is 1.80 bits per heavy atom. The molecular weight excluding hydrogens is 124 g/mol. The number of allylic oxidation sites excluding steroid dienone is 2. The second-order valence-electron chi connectivity index (χ2n) is 2.36. The Bertz CT molecular complexity index is 94.9. The highest BCUT2D eigenvalue weighted by Crippen LogP contribution is 1.96. The Balaban J connectivity index is 2.96. The van der Waals surface area contributed by atoms with Gasteiger partial charge in [0.2, 0.25) is 0 Å². The van der Waals surface area contributed by atoms with Crippen LogP contribution in [0.3, 0.4) is 0 Å². The van der Waals surface area contributed by atoms with Crippen LogP contribution in [0, 0.1) is 0 Å². The fraction of sp³-hybridized carbons (Fsp3) is 0.667. The summed E-state index contributed by atoms with van der Waals surface area (Å²) >= 11 is 0. The van der Waals surface area contributed by atoms with Gasteiger partial charge >= 0.3 is 0 Å². The molecule has 0 aliphatic heterocycles. The molecule has 0 aliphatic carbocycles. The van der Waals surface area contributed by atoms with Crippen LogP contribution in [0.1, 0.15) is 39.0 Å². The summed E-state index contributed by atoms with van der Waals surface area (Å²) in [5.74, 6) is 0. The fourth-order valence-corrected chi connectivity index (χ4v) is 0.722. The van der Waals surface area contributed by atoms with Gasteiger partial charge < -0.3 is 4.79 Å². The van der Waals surface area contributed by atoms with Crippen LogP contribution < -0.4 is 0 Å². The summed E-state index contributed by atoms with van der Waals surface area (Å²) in [6.07, 6.45) is 10.5. The van der Waals surface area contributed by atoms with E-state index in [4.69, 9.17) is 0 Å². The maximum Gasteiger partial charge on any atom is 0.120 e. The van der Waals surface area contributed by atoms with Crippen molar-refractivity contribution in [2.24, 2.45) is 0 Å². The lowest BCUT2D eigenvalue weighted by atomic mass is 10.2. The van der Waals surface area contributed by atoms with Gasteiger partial charge in [-0.25, -0.2) is 0 Å². The highest BCUT2D eigenvalue weighted by atomic mass is 16.1. The van der Waals surface area contributed by atoms with Gasteiger partial charge in [0.25, 0.3) is 0 Å². The molecular formula is C9H16O. The largest absolute Gasteiger partial charge is 0.303 e. The molecule has 0 saturated carbocycles. The van der Waals surface area contributed by atoms with Gasteiger partial charge in [0.05, 0.1) is 0 Å². The first kappa shape index (κ1) is 9.41. The summed E-state index contributed by atoms with van der Waals surface area (Å²) in [4.78, 5) is 9.86. The number of hydrogen-bond donors (Lipinski definition) is 0.